The van der Waals surface area contributed by atoms with Crippen LogP contribution < -0.4 is 4.90 Å². The van der Waals surface area contributed by atoms with Gasteiger partial charge < -0.3 is 14.2 Å². The van der Waals surface area contributed by atoms with E-state index in [9.17, 15) is 5.26 Å². The van der Waals surface area contributed by atoms with E-state index < -0.39 is 0 Å². The number of hydrogen-bond donors (Lipinski definition) is 0. The van der Waals surface area contributed by atoms with Gasteiger partial charge in [-0.05, 0) is 61.9 Å². The molecule has 0 atom stereocenters. The topological polar surface area (TPSA) is 71.9 Å². The number of allylic oxidation sites excluding steroid dienone is 1. The zero-order valence-electron chi connectivity index (χ0n) is 19.6. The lowest BCUT2D eigenvalue weighted by molar-refractivity contribution is 0.122. The normalized spacial score (nSPS) is 14.2. The predicted octanol–water partition coefficient (Wildman–Crippen LogP) is 5.23. The molecule has 2 aromatic heterocycles. The number of morpholine rings is 1. The van der Waals surface area contributed by atoms with Crippen LogP contribution in [0.5, 0.6) is 0 Å². The summed E-state index contributed by atoms with van der Waals surface area (Å²) >= 11 is 6.24. The van der Waals surface area contributed by atoms with Crippen LogP contribution in [-0.2, 0) is 4.74 Å². The van der Waals surface area contributed by atoms with Gasteiger partial charge in [0, 0.05) is 35.2 Å². The fraction of sp³-hybridized carbons (Fsp3) is 0.222. The van der Waals surface area contributed by atoms with E-state index in [1.54, 1.807) is 0 Å². The maximum atomic E-state index is 10.2. The van der Waals surface area contributed by atoms with Crippen molar-refractivity contribution in [3.8, 4) is 17.4 Å². The molecule has 8 heteroatoms. The molecule has 1 fully saturated rings. The Kier molecular flexibility index (Phi) is 6.41. The van der Waals surface area contributed by atoms with Crippen molar-refractivity contribution in [2.24, 2.45) is 0 Å². The third kappa shape index (κ3) is 4.46. The second kappa shape index (κ2) is 9.79. The average molecular weight is 485 g/mol. The predicted molar refractivity (Wildman–Crippen MR) is 138 cm³/mol. The maximum absolute atomic E-state index is 10.2. The fourth-order valence-corrected chi connectivity index (χ4v) is 4.67. The fourth-order valence-electron chi connectivity index (χ4n) is 4.48. The first-order valence-electron chi connectivity index (χ1n) is 11.5. The zero-order chi connectivity index (χ0) is 24.4. The average Bonchev–Trinajstić information content (AvgIpc) is 3.44. The molecule has 0 saturated carbocycles. The van der Waals surface area contributed by atoms with Gasteiger partial charge in [-0.15, -0.1) is 10.2 Å². The first kappa shape index (κ1) is 22.9. The molecule has 4 aromatic rings. The zero-order valence-corrected chi connectivity index (χ0v) is 20.4. The molecule has 0 bridgehead atoms. The first-order chi connectivity index (χ1) is 17.1. The number of benzene rings is 2. The Bertz CT molecular complexity index is 1420. The lowest BCUT2D eigenvalue weighted by Crippen LogP contribution is -2.38. The monoisotopic (exact) mass is 484 g/mol. The molecule has 1 aliphatic rings. The number of aryl methyl sites for hydroxylation is 1. The van der Waals surface area contributed by atoms with Gasteiger partial charge in [0.05, 0.1) is 24.5 Å². The summed E-state index contributed by atoms with van der Waals surface area (Å²) in [7, 11) is 0. The van der Waals surface area contributed by atoms with Crippen molar-refractivity contribution in [2.45, 2.75) is 13.8 Å². The molecule has 0 N–H and O–H groups in total. The van der Waals surface area contributed by atoms with Crippen LogP contribution in [0.25, 0.3) is 23.0 Å². The van der Waals surface area contributed by atoms with E-state index in [2.05, 4.69) is 31.8 Å². The number of nitriles is 1. The smallest absolute Gasteiger partial charge is 0.232 e. The van der Waals surface area contributed by atoms with Crippen LogP contribution in [-0.4, -0.2) is 45.6 Å². The number of halogens is 1. The molecule has 1 aliphatic heterocycles. The standard InChI is InChI=1S/C27H25ClN6O/c1-19-15-21(20(2)33(19)25-10-6-7-23(28)17-25)16-22(18-29)26-30-31-27(32-11-13-35-14-12-32)34(26)24-8-4-3-5-9-24/h3-10,15-17H,11-14H2,1-2H3. The minimum atomic E-state index is 0.437. The number of anilines is 1. The van der Waals surface area contributed by atoms with Gasteiger partial charge >= 0.3 is 0 Å². The van der Waals surface area contributed by atoms with Crippen molar-refractivity contribution in [2.75, 3.05) is 31.2 Å². The largest absolute Gasteiger partial charge is 0.378 e. The molecule has 176 valence electrons. The molecule has 3 heterocycles. The number of rotatable bonds is 5. The number of nitrogens with zero attached hydrogens (tertiary/aromatic N) is 6. The quantitative estimate of drug-likeness (QED) is 0.363. The second-order valence-corrected chi connectivity index (χ2v) is 8.84. The van der Waals surface area contributed by atoms with Crippen LogP contribution in [0.3, 0.4) is 0 Å². The van der Waals surface area contributed by atoms with Gasteiger partial charge in [0.25, 0.3) is 0 Å². The highest BCUT2D eigenvalue weighted by Gasteiger charge is 2.24. The van der Waals surface area contributed by atoms with Crippen molar-refractivity contribution in [3.05, 3.63) is 88.5 Å². The van der Waals surface area contributed by atoms with Gasteiger partial charge in [-0.3, -0.25) is 4.57 Å². The maximum Gasteiger partial charge on any atom is 0.232 e. The van der Waals surface area contributed by atoms with Gasteiger partial charge in [0.2, 0.25) is 5.95 Å². The summed E-state index contributed by atoms with van der Waals surface area (Å²) in [4.78, 5) is 2.15. The molecule has 0 unspecified atom stereocenters. The lowest BCUT2D eigenvalue weighted by Gasteiger charge is -2.28. The first-order valence-corrected chi connectivity index (χ1v) is 11.8. The molecule has 5 rings (SSSR count). The summed E-state index contributed by atoms with van der Waals surface area (Å²) in [5.74, 6) is 1.22. The van der Waals surface area contributed by atoms with Crippen LogP contribution in [0.4, 0.5) is 5.95 Å². The second-order valence-electron chi connectivity index (χ2n) is 8.41. The minimum Gasteiger partial charge on any atom is -0.378 e. The molecule has 0 spiro atoms. The van der Waals surface area contributed by atoms with Crippen LogP contribution >= 0.6 is 11.6 Å². The Balaban J connectivity index is 1.62. The Morgan fingerprint density at radius 1 is 0.971 bits per heavy atom. The van der Waals surface area contributed by atoms with Gasteiger partial charge in [0.1, 0.15) is 6.07 Å². The van der Waals surface area contributed by atoms with E-state index in [1.165, 1.54) is 0 Å². The van der Waals surface area contributed by atoms with Crippen molar-refractivity contribution >= 4 is 29.2 Å². The summed E-state index contributed by atoms with van der Waals surface area (Å²) in [5.41, 5.74) is 5.32. The van der Waals surface area contributed by atoms with E-state index in [0.717, 1.165) is 41.4 Å². The summed E-state index contributed by atoms with van der Waals surface area (Å²) in [5, 5.41) is 19.9. The summed E-state index contributed by atoms with van der Waals surface area (Å²) in [6.45, 7) is 6.78. The molecule has 0 aliphatic carbocycles. The molecule has 35 heavy (non-hydrogen) atoms. The lowest BCUT2D eigenvalue weighted by atomic mass is 10.1. The third-order valence-corrected chi connectivity index (χ3v) is 6.39. The van der Waals surface area contributed by atoms with Gasteiger partial charge in [-0.2, -0.15) is 5.26 Å². The molecule has 2 aromatic carbocycles. The van der Waals surface area contributed by atoms with Gasteiger partial charge in [-0.25, -0.2) is 0 Å². The summed E-state index contributed by atoms with van der Waals surface area (Å²) in [6.07, 6.45) is 1.88. The van der Waals surface area contributed by atoms with E-state index in [4.69, 9.17) is 16.3 Å². The van der Waals surface area contributed by atoms with E-state index >= 15 is 0 Å². The highest BCUT2D eigenvalue weighted by atomic mass is 35.5. The third-order valence-electron chi connectivity index (χ3n) is 6.15. The number of hydrogen-bond acceptors (Lipinski definition) is 5. The number of ether oxygens (including phenoxy) is 1. The van der Waals surface area contributed by atoms with Crippen LogP contribution in [0, 0.1) is 25.2 Å². The van der Waals surface area contributed by atoms with Crippen molar-refractivity contribution in [3.63, 3.8) is 0 Å². The number of aromatic nitrogens is 4. The van der Waals surface area contributed by atoms with Crippen LogP contribution in [0.1, 0.15) is 22.8 Å². The van der Waals surface area contributed by atoms with Crippen molar-refractivity contribution < 1.29 is 4.74 Å². The molecule has 7 nitrogen and oxygen atoms in total. The highest BCUT2D eigenvalue weighted by Crippen LogP contribution is 2.29. The molecule has 0 amide bonds. The van der Waals surface area contributed by atoms with E-state index in [1.807, 2.05) is 79.1 Å². The minimum absolute atomic E-state index is 0.437. The molecule has 0 radical (unpaired) electrons. The highest BCUT2D eigenvalue weighted by molar-refractivity contribution is 6.30. The Labute approximate surface area is 209 Å². The van der Waals surface area contributed by atoms with Crippen molar-refractivity contribution in [1.29, 1.82) is 5.26 Å². The molecular weight excluding hydrogens is 460 g/mol. The Morgan fingerprint density at radius 3 is 2.43 bits per heavy atom. The summed E-state index contributed by atoms with van der Waals surface area (Å²) < 4.78 is 9.61. The van der Waals surface area contributed by atoms with Crippen LogP contribution in [0.15, 0.2) is 60.7 Å². The summed E-state index contributed by atoms with van der Waals surface area (Å²) in [6, 6.07) is 22.1. The van der Waals surface area contributed by atoms with E-state index in [0.29, 0.717) is 35.6 Å². The Hall–Kier alpha value is -3.86. The van der Waals surface area contributed by atoms with Crippen molar-refractivity contribution in [1.82, 2.24) is 19.3 Å². The molecular formula is C27H25ClN6O. The van der Waals surface area contributed by atoms with Gasteiger partial charge in [0.15, 0.2) is 5.82 Å². The van der Waals surface area contributed by atoms with Crippen LogP contribution in [0.2, 0.25) is 5.02 Å². The molecule has 1 saturated heterocycles. The Morgan fingerprint density at radius 2 is 1.71 bits per heavy atom. The van der Waals surface area contributed by atoms with Gasteiger partial charge in [-0.1, -0.05) is 35.9 Å². The number of para-hydroxylation sites is 1. The SMILES string of the molecule is Cc1cc(C=C(C#N)c2nnc(N3CCOCC3)n2-c2ccccc2)c(C)n1-c1cccc(Cl)c1. The van der Waals surface area contributed by atoms with E-state index in [-0.39, 0.29) is 0 Å².